The third kappa shape index (κ3) is 4.84. The summed E-state index contributed by atoms with van der Waals surface area (Å²) in [5, 5.41) is -0.164. The van der Waals surface area contributed by atoms with Gasteiger partial charge in [-0.2, -0.15) is 0 Å². The molecule has 21 heavy (non-hydrogen) atoms. The molecule has 0 bridgehead atoms. The van der Waals surface area contributed by atoms with Crippen LogP contribution in [0.4, 0.5) is 0 Å². The molecule has 0 spiro atoms. The predicted octanol–water partition coefficient (Wildman–Crippen LogP) is 3.76. The summed E-state index contributed by atoms with van der Waals surface area (Å²) in [5.74, 6) is 0.319. The molecule has 0 radical (unpaired) electrons. The first-order chi connectivity index (χ1) is 9.96. The van der Waals surface area contributed by atoms with Crippen molar-refractivity contribution in [1.82, 2.24) is 0 Å². The van der Waals surface area contributed by atoms with Crippen molar-refractivity contribution in [2.75, 3.05) is 19.8 Å². The van der Waals surface area contributed by atoms with Crippen LogP contribution in [0.5, 0.6) is 0 Å². The van der Waals surface area contributed by atoms with Gasteiger partial charge in [-0.1, -0.05) is 0 Å². The van der Waals surface area contributed by atoms with Crippen molar-refractivity contribution in [2.45, 2.75) is 27.7 Å². The summed E-state index contributed by atoms with van der Waals surface area (Å²) in [6, 6.07) is 3.40. The summed E-state index contributed by atoms with van der Waals surface area (Å²) < 4.78 is 33.5. The molecule has 118 valence electrons. The molecule has 0 saturated heterocycles. The average Bonchev–Trinajstić information content (AvgIpc) is 2.82. The van der Waals surface area contributed by atoms with Crippen LogP contribution in [-0.4, -0.2) is 25.8 Å². The molecule has 0 aliphatic rings. The highest BCUT2D eigenvalue weighted by Crippen LogP contribution is 2.57. The Hall–Kier alpha value is -1.36. The number of hydrogen-bond donors (Lipinski definition) is 0. The van der Waals surface area contributed by atoms with Crippen molar-refractivity contribution < 1.29 is 27.6 Å². The third-order valence-electron chi connectivity index (χ3n) is 2.42. The highest BCUT2D eigenvalue weighted by Gasteiger charge is 2.36. The Bertz CT molecular complexity index is 535. The second kappa shape index (κ2) is 8.17. The lowest BCUT2D eigenvalue weighted by atomic mass is 10.4. The van der Waals surface area contributed by atoms with E-state index in [1.165, 1.54) is 6.08 Å². The first kappa shape index (κ1) is 17.7. The molecule has 1 heterocycles. The Morgan fingerprint density at radius 1 is 1.19 bits per heavy atom. The van der Waals surface area contributed by atoms with Crippen LogP contribution in [0.15, 0.2) is 21.9 Å². The fraction of sp³-hybridized carbons (Fsp3) is 0.500. The van der Waals surface area contributed by atoms with E-state index in [-0.39, 0.29) is 25.1 Å². The molecular formula is C14H21O6P. The van der Waals surface area contributed by atoms with E-state index in [2.05, 4.69) is 0 Å². The highest BCUT2D eigenvalue weighted by atomic mass is 31.2. The van der Waals surface area contributed by atoms with E-state index in [0.29, 0.717) is 11.5 Å². The quantitative estimate of drug-likeness (QED) is 0.413. The summed E-state index contributed by atoms with van der Waals surface area (Å²) >= 11 is 0. The van der Waals surface area contributed by atoms with E-state index in [0.717, 1.165) is 0 Å². The minimum absolute atomic E-state index is 0.144. The van der Waals surface area contributed by atoms with Crippen LogP contribution >= 0.6 is 7.60 Å². The second-order valence-electron chi connectivity index (χ2n) is 4.03. The van der Waals surface area contributed by atoms with Crippen LogP contribution in [0.3, 0.4) is 0 Å². The zero-order valence-corrected chi connectivity index (χ0v) is 13.6. The molecule has 0 aliphatic heterocycles. The van der Waals surface area contributed by atoms with Gasteiger partial charge in [-0.05, 0) is 39.8 Å². The number of carbonyl (C=O) groups excluding carboxylic acids is 1. The number of furan rings is 1. The topological polar surface area (TPSA) is 75.0 Å². The van der Waals surface area contributed by atoms with E-state index in [1.807, 2.05) is 0 Å². The fourth-order valence-corrected chi connectivity index (χ4v) is 3.24. The van der Waals surface area contributed by atoms with Gasteiger partial charge in [0.1, 0.15) is 11.5 Å². The van der Waals surface area contributed by atoms with Gasteiger partial charge in [-0.25, -0.2) is 4.79 Å². The van der Waals surface area contributed by atoms with Crippen LogP contribution in [-0.2, 0) is 23.1 Å². The molecule has 0 atom stereocenters. The van der Waals surface area contributed by atoms with Crippen LogP contribution in [0.2, 0.25) is 0 Å². The summed E-state index contributed by atoms with van der Waals surface area (Å²) in [5.41, 5.74) is 0. The lowest BCUT2D eigenvalue weighted by Crippen LogP contribution is -2.11. The average molecular weight is 316 g/mol. The summed E-state index contributed by atoms with van der Waals surface area (Å²) in [7, 11) is -3.74. The molecular weight excluding hydrogens is 295 g/mol. The van der Waals surface area contributed by atoms with Crippen molar-refractivity contribution in [3.8, 4) is 0 Å². The van der Waals surface area contributed by atoms with Crippen molar-refractivity contribution in [1.29, 1.82) is 0 Å². The summed E-state index contributed by atoms with van der Waals surface area (Å²) in [6.45, 7) is 7.23. The Labute approximate surface area is 124 Å². The first-order valence-corrected chi connectivity index (χ1v) is 8.36. The minimum Gasteiger partial charge on any atom is -0.462 e. The Morgan fingerprint density at radius 2 is 1.81 bits per heavy atom. The second-order valence-corrected chi connectivity index (χ2v) is 6.02. The number of ether oxygens (including phenoxy) is 1. The number of esters is 1. The molecule has 1 aromatic rings. The lowest BCUT2D eigenvalue weighted by Gasteiger charge is -2.18. The van der Waals surface area contributed by atoms with Gasteiger partial charge in [0, 0.05) is 6.08 Å². The van der Waals surface area contributed by atoms with E-state index in [9.17, 15) is 9.36 Å². The number of aryl methyl sites for hydroxylation is 1. The number of hydrogen-bond acceptors (Lipinski definition) is 6. The van der Waals surface area contributed by atoms with E-state index in [1.54, 1.807) is 39.8 Å². The van der Waals surface area contributed by atoms with E-state index >= 15 is 0 Å². The largest absolute Gasteiger partial charge is 0.462 e. The first-order valence-electron chi connectivity index (χ1n) is 6.81. The van der Waals surface area contributed by atoms with Crippen LogP contribution < -0.4 is 0 Å². The van der Waals surface area contributed by atoms with E-state index in [4.69, 9.17) is 18.2 Å². The third-order valence-corrected chi connectivity index (χ3v) is 4.52. The molecule has 0 aromatic carbocycles. The molecule has 0 unspecified atom stereocenters. The monoisotopic (exact) mass is 316 g/mol. The Morgan fingerprint density at radius 3 is 2.24 bits per heavy atom. The zero-order chi connectivity index (χ0) is 15.9. The molecule has 1 rings (SSSR count). The molecule has 1 aromatic heterocycles. The van der Waals surface area contributed by atoms with Gasteiger partial charge in [0.15, 0.2) is 5.31 Å². The van der Waals surface area contributed by atoms with Crippen molar-refractivity contribution in [3.63, 3.8) is 0 Å². The summed E-state index contributed by atoms with van der Waals surface area (Å²) in [4.78, 5) is 12.1. The van der Waals surface area contributed by atoms with Crippen molar-refractivity contribution in [2.24, 2.45) is 0 Å². The molecule has 0 amide bonds. The number of carbonyl (C=O) groups is 1. The van der Waals surface area contributed by atoms with Gasteiger partial charge in [-0.3, -0.25) is 4.57 Å². The maximum atomic E-state index is 12.8. The lowest BCUT2D eigenvalue weighted by molar-refractivity contribution is -0.137. The maximum absolute atomic E-state index is 12.8. The van der Waals surface area contributed by atoms with Gasteiger partial charge in [-0.15, -0.1) is 0 Å². The number of rotatable bonds is 8. The fourth-order valence-electron chi connectivity index (χ4n) is 1.64. The maximum Gasteiger partial charge on any atom is 0.368 e. The van der Waals surface area contributed by atoms with Gasteiger partial charge < -0.3 is 18.2 Å². The van der Waals surface area contributed by atoms with Gasteiger partial charge >= 0.3 is 13.6 Å². The van der Waals surface area contributed by atoms with Gasteiger partial charge in [0.25, 0.3) is 0 Å². The van der Waals surface area contributed by atoms with Gasteiger partial charge in [0.05, 0.1) is 19.8 Å². The predicted molar refractivity (Wildman–Crippen MR) is 78.9 cm³/mol. The molecule has 0 N–H and O–H groups in total. The smallest absolute Gasteiger partial charge is 0.368 e. The minimum atomic E-state index is -3.74. The Kier molecular flexibility index (Phi) is 6.89. The van der Waals surface area contributed by atoms with Crippen molar-refractivity contribution in [3.05, 3.63) is 29.0 Å². The molecule has 0 saturated carbocycles. The van der Waals surface area contributed by atoms with Gasteiger partial charge in [0.2, 0.25) is 0 Å². The SMILES string of the molecule is CCOC(=O)C(=Cc1ccc(C)o1)P(=O)(OCC)OCC. The van der Waals surface area contributed by atoms with Crippen LogP contribution in [0, 0.1) is 6.92 Å². The normalized spacial score (nSPS) is 12.5. The molecule has 6 nitrogen and oxygen atoms in total. The molecule has 0 aliphatic carbocycles. The highest BCUT2D eigenvalue weighted by molar-refractivity contribution is 7.60. The Balaban J connectivity index is 3.26. The zero-order valence-electron chi connectivity index (χ0n) is 12.8. The molecule has 7 heteroatoms. The van der Waals surface area contributed by atoms with E-state index < -0.39 is 13.6 Å². The molecule has 0 fully saturated rings. The van der Waals surface area contributed by atoms with Crippen LogP contribution in [0.25, 0.3) is 6.08 Å². The summed E-state index contributed by atoms with van der Waals surface area (Å²) in [6.07, 6.45) is 1.34. The standard InChI is InChI=1S/C14H21O6P/c1-5-17-14(15)13(10-12-9-8-11(4)20-12)21(16,18-6-2)19-7-3/h8-10H,5-7H2,1-4H3. The van der Waals surface area contributed by atoms with Crippen LogP contribution in [0.1, 0.15) is 32.3 Å². The van der Waals surface area contributed by atoms with Crippen molar-refractivity contribution >= 4 is 19.6 Å².